The molecular weight excluding hydrogens is 288 g/mol. The Balaban J connectivity index is 2.57. The Bertz CT molecular complexity index is 590. The van der Waals surface area contributed by atoms with Crippen molar-refractivity contribution in [2.45, 2.75) is 6.61 Å². The van der Waals surface area contributed by atoms with Crippen LogP contribution in [-0.2, 0) is 18.4 Å². The Labute approximate surface area is 106 Å². The number of nitrogens with zero attached hydrogens (tertiary/aromatic N) is 3. The van der Waals surface area contributed by atoms with Crippen molar-refractivity contribution in [1.82, 2.24) is 19.7 Å². The first-order valence-electron chi connectivity index (χ1n) is 4.89. The number of ether oxygens (including phenoxy) is 1. The van der Waals surface area contributed by atoms with Crippen molar-refractivity contribution in [3.8, 4) is 11.5 Å². The van der Waals surface area contributed by atoms with Crippen LogP contribution in [0.5, 0.6) is 0 Å². The summed E-state index contributed by atoms with van der Waals surface area (Å²) in [5.41, 5.74) is 1.07. The van der Waals surface area contributed by atoms with Crippen molar-refractivity contribution in [3.05, 3.63) is 32.8 Å². The van der Waals surface area contributed by atoms with Crippen LogP contribution < -0.4 is 5.56 Å². The average molecular weight is 299 g/mol. The van der Waals surface area contributed by atoms with Crippen molar-refractivity contribution >= 4 is 15.9 Å². The highest BCUT2D eigenvalue weighted by Crippen LogP contribution is 2.16. The maximum Gasteiger partial charge on any atom is 0.265 e. The van der Waals surface area contributed by atoms with Gasteiger partial charge in [0.2, 0.25) is 0 Å². The predicted octanol–water partition coefficient (Wildman–Crippen LogP) is 1.08. The lowest BCUT2D eigenvalue weighted by Crippen LogP contribution is -2.15. The van der Waals surface area contributed by atoms with Crippen LogP contribution in [0.15, 0.2) is 21.5 Å². The van der Waals surface area contributed by atoms with Crippen LogP contribution in [0, 0.1) is 0 Å². The quantitative estimate of drug-likeness (QED) is 0.920. The van der Waals surface area contributed by atoms with Crippen LogP contribution in [-0.4, -0.2) is 26.9 Å². The Morgan fingerprint density at radius 1 is 1.59 bits per heavy atom. The second-order valence-electron chi connectivity index (χ2n) is 3.45. The lowest BCUT2D eigenvalue weighted by Gasteiger charge is -2.06. The van der Waals surface area contributed by atoms with Gasteiger partial charge in [0.1, 0.15) is 10.2 Å². The van der Waals surface area contributed by atoms with Crippen molar-refractivity contribution < 1.29 is 4.74 Å². The number of halogens is 1. The normalized spacial score (nSPS) is 10.8. The highest BCUT2D eigenvalue weighted by atomic mass is 79.9. The van der Waals surface area contributed by atoms with Gasteiger partial charge in [-0.05, 0) is 22.0 Å². The third kappa shape index (κ3) is 2.29. The first kappa shape index (κ1) is 12.0. The number of H-pyrrole nitrogens is 1. The lowest BCUT2D eigenvalue weighted by atomic mass is 10.3. The molecule has 0 unspecified atom stereocenters. The molecule has 0 amide bonds. The zero-order valence-corrected chi connectivity index (χ0v) is 11.0. The van der Waals surface area contributed by atoms with Crippen molar-refractivity contribution in [3.63, 3.8) is 0 Å². The fourth-order valence-electron chi connectivity index (χ4n) is 1.47. The number of nitrogens with one attached hydrogen (secondary N) is 1. The fraction of sp³-hybridized carbons (Fsp3) is 0.300. The molecule has 0 aliphatic carbocycles. The molecule has 6 nitrogen and oxygen atoms in total. The van der Waals surface area contributed by atoms with E-state index in [-0.39, 0.29) is 12.2 Å². The Hall–Kier alpha value is -1.47. The van der Waals surface area contributed by atoms with Crippen LogP contribution in [0.4, 0.5) is 0 Å². The van der Waals surface area contributed by atoms with E-state index in [1.807, 2.05) is 0 Å². The fourth-order valence-corrected chi connectivity index (χ4v) is 1.77. The Morgan fingerprint density at radius 3 is 2.94 bits per heavy atom. The summed E-state index contributed by atoms with van der Waals surface area (Å²) in [6.45, 7) is 0.273. The minimum Gasteiger partial charge on any atom is -0.378 e. The summed E-state index contributed by atoms with van der Waals surface area (Å²) in [6.07, 6.45) is 1.65. The van der Waals surface area contributed by atoms with Crippen molar-refractivity contribution in [2.24, 2.45) is 7.05 Å². The first-order valence-corrected chi connectivity index (χ1v) is 5.68. The largest absolute Gasteiger partial charge is 0.378 e. The molecule has 17 heavy (non-hydrogen) atoms. The summed E-state index contributed by atoms with van der Waals surface area (Å²) in [7, 11) is 3.34. The molecule has 0 aliphatic rings. The minimum atomic E-state index is -0.233. The number of rotatable bonds is 3. The molecule has 7 heteroatoms. The van der Waals surface area contributed by atoms with Gasteiger partial charge in [-0.1, -0.05) is 0 Å². The molecule has 0 spiro atoms. The number of aryl methyl sites for hydroxylation is 1. The molecule has 2 heterocycles. The van der Waals surface area contributed by atoms with Crippen LogP contribution in [0.25, 0.3) is 11.5 Å². The van der Waals surface area contributed by atoms with Gasteiger partial charge in [0.25, 0.3) is 5.56 Å². The third-order valence-electron chi connectivity index (χ3n) is 2.28. The molecular formula is C10H11BrN4O2. The molecule has 0 saturated carbocycles. The van der Waals surface area contributed by atoms with Gasteiger partial charge in [0, 0.05) is 20.4 Å². The van der Waals surface area contributed by atoms with Crippen LogP contribution in [0.2, 0.25) is 0 Å². The molecule has 1 N–H and O–H groups in total. The molecule has 2 aromatic heterocycles. The van der Waals surface area contributed by atoms with E-state index in [4.69, 9.17) is 4.74 Å². The van der Waals surface area contributed by atoms with Crippen LogP contribution in [0.3, 0.4) is 0 Å². The third-order valence-corrected chi connectivity index (χ3v) is 3.09. The summed E-state index contributed by atoms with van der Waals surface area (Å²) in [5, 5.41) is 4.03. The van der Waals surface area contributed by atoms with Crippen molar-refractivity contribution in [1.29, 1.82) is 0 Å². The van der Waals surface area contributed by atoms with E-state index in [9.17, 15) is 4.79 Å². The van der Waals surface area contributed by atoms with Crippen LogP contribution in [0.1, 0.15) is 5.69 Å². The van der Waals surface area contributed by atoms with Gasteiger partial charge >= 0.3 is 0 Å². The molecule has 0 saturated heterocycles. The van der Waals surface area contributed by atoms with E-state index in [1.54, 1.807) is 31.1 Å². The molecule has 2 aromatic rings. The second kappa shape index (κ2) is 4.80. The maximum atomic E-state index is 11.7. The summed E-state index contributed by atoms with van der Waals surface area (Å²) in [6, 6.07) is 1.78. The number of aromatic nitrogens is 4. The summed E-state index contributed by atoms with van der Waals surface area (Å²) in [4.78, 5) is 18.7. The van der Waals surface area contributed by atoms with Gasteiger partial charge in [-0.25, -0.2) is 4.98 Å². The van der Waals surface area contributed by atoms with Gasteiger partial charge in [-0.2, -0.15) is 5.10 Å². The molecule has 2 rings (SSSR count). The topological polar surface area (TPSA) is 72.8 Å². The molecule has 0 radical (unpaired) electrons. The predicted molar refractivity (Wildman–Crippen MR) is 65.5 cm³/mol. The monoisotopic (exact) mass is 298 g/mol. The highest BCUT2D eigenvalue weighted by molar-refractivity contribution is 9.10. The average Bonchev–Trinajstić information content (AvgIpc) is 2.71. The number of methoxy groups -OCH3 is 1. The molecule has 0 atom stereocenters. The van der Waals surface area contributed by atoms with Gasteiger partial charge in [0.05, 0.1) is 12.3 Å². The first-order chi connectivity index (χ1) is 8.13. The van der Waals surface area contributed by atoms with Crippen molar-refractivity contribution in [2.75, 3.05) is 7.11 Å². The highest BCUT2D eigenvalue weighted by Gasteiger charge is 2.12. The minimum absolute atomic E-state index is 0.233. The van der Waals surface area contributed by atoms with Gasteiger partial charge in [-0.15, -0.1) is 0 Å². The standard InChI is InChI=1S/C10H11BrN4O2/c1-15-7(3-4-12-15)9-13-6(5-17-2)8(11)10(16)14-9/h3-4H,5H2,1-2H3,(H,13,14,16). The van der Waals surface area contributed by atoms with E-state index in [1.165, 1.54) is 0 Å². The summed E-state index contributed by atoms with van der Waals surface area (Å²) >= 11 is 3.19. The van der Waals surface area contributed by atoms with E-state index in [0.717, 1.165) is 5.69 Å². The maximum absolute atomic E-state index is 11.7. The SMILES string of the molecule is COCc1nc(-c2ccnn2C)[nH]c(=O)c1Br. The Kier molecular flexibility index (Phi) is 3.39. The van der Waals surface area contributed by atoms with E-state index < -0.39 is 0 Å². The van der Waals surface area contributed by atoms with E-state index in [2.05, 4.69) is 31.0 Å². The molecule has 0 bridgehead atoms. The lowest BCUT2D eigenvalue weighted by molar-refractivity contribution is 0.180. The van der Waals surface area contributed by atoms with E-state index >= 15 is 0 Å². The second-order valence-corrected chi connectivity index (χ2v) is 4.24. The number of aromatic amines is 1. The molecule has 0 aromatic carbocycles. The van der Waals surface area contributed by atoms with Gasteiger partial charge in [-0.3, -0.25) is 9.48 Å². The summed E-state index contributed by atoms with van der Waals surface area (Å²) in [5.74, 6) is 0.477. The zero-order valence-electron chi connectivity index (χ0n) is 9.40. The molecule has 0 fully saturated rings. The number of hydrogen-bond donors (Lipinski definition) is 1. The molecule has 90 valence electrons. The smallest absolute Gasteiger partial charge is 0.265 e. The number of hydrogen-bond acceptors (Lipinski definition) is 4. The summed E-state index contributed by atoms with van der Waals surface area (Å²) < 4.78 is 7.03. The zero-order chi connectivity index (χ0) is 12.4. The molecule has 0 aliphatic heterocycles. The van der Waals surface area contributed by atoms with E-state index in [0.29, 0.717) is 16.0 Å². The van der Waals surface area contributed by atoms with Crippen LogP contribution >= 0.6 is 15.9 Å². The van der Waals surface area contributed by atoms with Gasteiger partial charge in [0.15, 0.2) is 5.82 Å². The Morgan fingerprint density at radius 2 is 2.35 bits per heavy atom. The van der Waals surface area contributed by atoms with Gasteiger partial charge < -0.3 is 9.72 Å².